The Bertz CT molecular complexity index is 384. The third kappa shape index (κ3) is 3.90. The molecular weight excluding hydrogens is 260 g/mol. The van der Waals surface area contributed by atoms with Gasteiger partial charge < -0.3 is 11.1 Å². The Balaban J connectivity index is 0.00000144. The van der Waals surface area contributed by atoms with Gasteiger partial charge in [-0.1, -0.05) is 17.8 Å². The third-order valence-electron chi connectivity index (χ3n) is 2.94. The predicted octanol–water partition coefficient (Wildman–Crippen LogP) is 1.72. The second-order valence-corrected chi connectivity index (χ2v) is 5.42. The first-order valence-corrected chi connectivity index (χ1v) is 6.32. The van der Waals surface area contributed by atoms with Crippen LogP contribution in [0.3, 0.4) is 0 Å². The quantitative estimate of drug-likeness (QED) is 0.881. The SMILES string of the molecule is Cc1nnc(NC(=O)C[C@@H]2CCC[C@H]2N)s1.Cl. The van der Waals surface area contributed by atoms with Crippen LogP contribution in [0, 0.1) is 12.8 Å². The van der Waals surface area contributed by atoms with Gasteiger partial charge >= 0.3 is 0 Å². The lowest BCUT2D eigenvalue weighted by atomic mass is 10.00. The number of hydrogen-bond acceptors (Lipinski definition) is 5. The molecule has 17 heavy (non-hydrogen) atoms. The highest BCUT2D eigenvalue weighted by Gasteiger charge is 2.26. The molecule has 96 valence electrons. The molecule has 2 atom stereocenters. The molecule has 1 aromatic rings. The van der Waals surface area contributed by atoms with Crippen LogP contribution in [0.4, 0.5) is 5.13 Å². The lowest BCUT2D eigenvalue weighted by Gasteiger charge is -2.13. The Morgan fingerprint density at radius 2 is 2.29 bits per heavy atom. The highest BCUT2D eigenvalue weighted by Crippen LogP contribution is 2.27. The molecule has 0 radical (unpaired) electrons. The molecular formula is C10H17ClN4OS. The van der Waals surface area contributed by atoms with E-state index >= 15 is 0 Å². The summed E-state index contributed by atoms with van der Waals surface area (Å²) in [6, 6.07) is 0.182. The molecule has 1 fully saturated rings. The molecule has 0 bridgehead atoms. The van der Waals surface area contributed by atoms with E-state index in [1.54, 1.807) is 0 Å². The van der Waals surface area contributed by atoms with E-state index in [-0.39, 0.29) is 24.4 Å². The zero-order valence-electron chi connectivity index (χ0n) is 9.68. The Morgan fingerprint density at radius 1 is 1.53 bits per heavy atom. The summed E-state index contributed by atoms with van der Waals surface area (Å²) in [5.41, 5.74) is 5.92. The van der Waals surface area contributed by atoms with Gasteiger partial charge in [0.05, 0.1) is 0 Å². The van der Waals surface area contributed by atoms with Crippen molar-refractivity contribution in [2.75, 3.05) is 5.32 Å². The summed E-state index contributed by atoms with van der Waals surface area (Å²) < 4.78 is 0. The molecule has 3 N–H and O–H groups in total. The number of nitrogens with one attached hydrogen (secondary N) is 1. The van der Waals surface area contributed by atoms with Gasteiger partial charge in [0.1, 0.15) is 5.01 Å². The summed E-state index contributed by atoms with van der Waals surface area (Å²) in [7, 11) is 0. The van der Waals surface area contributed by atoms with Crippen molar-refractivity contribution in [1.82, 2.24) is 10.2 Å². The summed E-state index contributed by atoms with van der Waals surface area (Å²) in [6.07, 6.45) is 3.73. The summed E-state index contributed by atoms with van der Waals surface area (Å²) in [4.78, 5) is 11.7. The van der Waals surface area contributed by atoms with Gasteiger partial charge in [-0.25, -0.2) is 0 Å². The van der Waals surface area contributed by atoms with Crippen LogP contribution in [0.1, 0.15) is 30.7 Å². The fourth-order valence-corrected chi connectivity index (χ4v) is 2.68. The van der Waals surface area contributed by atoms with Gasteiger partial charge in [0.2, 0.25) is 11.0 Å². The normalized spacial score (nSPS) is 23.2. The summed E-state index contributed by atoms with van der Waals surface area (Å²) in [5, 5.41) is 11.9. The molecule has 1 saturated carbocycles. The molecule has 0 saturated heterocycles. The summed E-state index contributed by atoms with van der Waals surface area (Å²) in [6.45, 7) is 1.86. The van der Waals surface area contributed by atoms with Crippen molar-refractivity contribution in [2.45, 2.75) is 38.6 Å². The van der Waals surface area contributed by atoms with Crippen molar-refractivity contribution in [3.8, 4) is 0 Å². The van der Waals surface area contributed by atoms with Gasteiger partial charge in [-0.15, -0.1) is 22.6 Å². The van der Waals surface area contributed by atoms with E-state index in [1.165, 1.54) is 11.3 Å². The number of carbonyl (C=O) groups is 1. The number of amides is 1. The van der Waals surface area contributed by atoms with Crippen LogP contribution in [0.5, 0.6) is 0 Å². The van der Waals surface area contributed by atoms with Crippen molar-refractivity contribution in [2.24, 2.45) is 11.7 Å². The van der Waals surface area contributed by atoms with E-state index in [0.29, 0.717) is 17.5 Å². The molecule has 1 aromatic heterocycles. The van der Waals surface area contributed by atoms with Gasteiger partial charge in [-0.2, -0.15) is 0 Å². The molecule has 2 rings (SSSR count). The number of aryl methyl sites for hydroxylation is 1. The number of halogens is 1. The van der Waals surface area contributed by atoms with Crippen LogP contribution in [0.15, 0.2) is 0 Å². The first-order valence-electron chi connectivity index (χ1n) is 5.50. The van der Waals surface area contributed by atoms with E-state index in [9.17, 15) is 4.79 Å². The Labute approximate surface area is 111 Å². The first kappa shape index (κ1) is 14.3. The minimum atomic E-state index is -0.00139. The van der Waals surface area contributed by atoms with E-state index in [0.717, 1.165) is 24.3 Å². The number of aromatic nitrogens is 2. The maximum Gasteiger partial charge on any atom is 0.226 e. The molecule has 1 amide bonds. The maximum absolute atomic E-state index is 11.7. The number of carbonyl (C=O) groups excluding carboxylic acids is 1. The van der Waals surface area contributed by atoms with Gasteiger partial charge in [-0.3, -0.25) is 4.79 Å². The van der Waals surface area contributed by atoms with Crippen LogP contribution in [0.2, 0.25) is 0 Å². The second kappa shape index (κ2) is 6.28. The smallest absolute Gasteiger partial charge is 0.226 e. The molecule has 0 spiro atoms. The monoisotopic (exact) mass is 276 g/mol. The Hall–Kier alpha value is -0.720. The molecule has 1 aliphatic rings. The van der Waals surface area contributed by atoms with Crippen molar-refractivity contribution < 1.29 is 4.79 Å². The predicted molar refractivity (Wildman–Crippen MR) is 70.5 cm³/mol. The Morgan fingerprint density at radius 3 is 2.82 bits per heavy atom. The fourth-order valence-electron chi connectivity index (χ4n) is 2.07. The topological polar surface area (TPSA) is 80.9 Å². The minimum Gasteiger partial charge on any atom is -0.327 e. The average Bonchev–Trinajstić information content (AvgIpc) is 2.77. The zero-order chi connectivity index (χ0) is 11.5. The summed E-state index contributed by atoms with van der Waals surface area (Å²) >= 11 is 1.39. The highest BCUT2D eigenvalue weighted by atomic mass is 35.5. The highest BCUT2D eigenvalue weighted by molar-refractivity contribution is 7.15. The van der Waals surface area contributed by atoms with Crippen molar-refractivity contribution in [1.29, 1.82) is 0 Å². The van der Waals surface area contributed by atoms with Crippen LogP contribution in [-0.4, -0.2) is 22.1 Å². The van der Waals surface area contributed by atoms with Crippen LogP contribution >= 0.6 is 23.7 Å². The minimum absolute atomic E-state index is 0. The standard InChI is InChI=1S/C10H16N4OS.ClH/c1-6-13-14-10(16-6)12-9(15)5-7-3-2-4-8(7)11;/h7-8H,2-5,11H2,1H3,(H,12,14,15);1H/t7-,8+;/m0./s1. The average molecular weight is 277 g/mol. The van der Waals surface area contributed by atoms with Gasteiger partial charge in [-0.05, 0) is 25.7 Å². The lowest BCUT2D eigenvalue weighted by molar-refractivity contribution is -0.117. The van der Waals surface area contributed by atoms with E-state index < -0.39 is 0 Å². The maximum atomic E-state index is 11.7. The molecule has 7 heteroatoms. The van der Waals surface area contributed by atoms with E-state index in [2.05, 4.69) is 15.5 Å². The summed E-state index contributed by atoms with van der Waals surface area (Å²) in [5.74, 6) is 0.326. The molecule has 5 nitrogen and oxygen atoms in total. The van der Waals surface area contributed by atoms with Crippen molar-refractivity contribution in [3.63, 3.8) is 0 Å². The third-order valence-corrected chi connectivity index (χ3v) is 3.69. The Kier molecular flexibility index (Phi) is 5.30. The number of nitrogens with two attached hydrogens (primary N) is 1. The van der Waals surface area contributed by atoms with Crippen LogP contribution < -0.4 is 11.1 Å². The molecule has 0 aliphatic heterocycles. The van der Waals surface area contributed by atoms with E-state index in [4.69, 9.17) is 5.73 Å². The first-order chi connectivity index (χ1) is 7.65. The number of rotatable bonds is 3. The number of hydrogen-bond donors (Lipinski definition) is 2. The molecule has 0 aromatic carbocycles. The van der Waals surface area contributed by atoms with Crippen molar-refractivity contribution >= 4 is 34.8 Å². The molecule has 1 aliphatic carbocycles. The van der Waals surface area contributed by atoms with E-state index in [1.807, 2.05) is 6.92 Å². The van der Waals surface area contributed by atoms with Crippen molar-refractivity contribution in [3.05, 3.63) is 5.01 Å². The molecule has 0 unspecified atom stereocenters. The second-order valence-electron chi connectivity index (χ2n) is 4.23. The zero-order valence-corrected chi connectivity index (χ0v) is 11.3. The lowest BCUT2D eigenvalue weighted by Crippen LogP contribution is -2.28. The van der Waals surface area contributed by atoms with Gasteiger partial charge in [0.25, 0.3) is 0 Å². The van der Waals surface area contributed by atoms with Crippen LogP contribution in [0.25, 0.3) is 0 Å². The number of anilines is 1. The van der Waals surface area contributed by atoms with Crippen LogP contribution in [-0.2, 0) is 4.79 Å². The fraction of sp³-hybridized carbons (Fsp3) is 0.700. The van der Waals surface area contributed by atoms with Gasteiger partial charge in [0, 0.05) is 12.5 Å². The largest absolute Gasteiger partial charge is 0.327 e. The van der Waals surface area contributed by atoms with Gasteiger partial charge in [0.15, 0.2) is 0 Å². The molecule has 1 heterocycles. The number of nitrogens with zero attached hydrogens (tertiary/aromatic N) is 2.